The van der Waals surface area contributed by atoms with Gasteiger partial charge in [0.25, 0.3) is 0 Å². The predicted molar refractivity (Wildman–Crippen MR) is 33.1 cm³/mol. The number of alkyl halides is 4. The van der Waals surface area contributed by atoms with Gasteiger partial charge in [0.15, 0.2) is 0 Å². The molecule has 6 heteroatoms. The topological polar surface area (TPSA) is 0 Å². The molecule has 0 N–H and O–H groups in total. The second-order valence-electron chi connectivity index (χ2n) is 1.51. The van der Waals surface area contributed by atoms with Crippen LogP contribution in [0.15, 0.2) is 0 Å². The van der Waals surface area contributed by atoms with Crippen LogP contribution in [-0.4, -0.2) is 31.1 Å². The van der Waals surface area contributed by atoms with Gasteiger partial charge in [-0.05, 0) is 0 Å². The maximum absolute atomic E-state index is 11.4. The lowest BCUT2D eigenvalue weighted by atomic mass is 10.9. The summed E-state index contributed by atoms with van der Waals surface area (Å²) in [7, 11) is -0.943. The Balaban J connectivity index is 2.91. The number of halogens is 4. The van der Waals surface area contributed by atoms with Gasteiger partial charge in [-0.15, -0.1) is 0 Å². The zero-order valence-corrected chi connectivity index (χ0v) is 7.08. The van der Waals surface area contributed by atoms with Crippen molar-refractivity contribution in [2.24, 2.45) is 0 Å². The van der Waals surface area contributed by atoms with E-state index in [1.54, 1.807) is 0 Å². The van der Waals surface area contributed by atoms with Gasteiger partial charge in [0.2, 0.25) is 12.1 Å². The highest BCUT2D eigenvalue weighted by molar-refractivity contribution is 6.43. The molecule has 0 aliphatic heterocycles. The fourth-order valence-electron chi connectivity index (χ4n) is 0.363. The number of hydrogen-bond donors (Lipinski definition) is 0. The lowest BCUT2D eigenvalue weighted by Crippen LogP contribution is -2.08. The second kappa shape index (κ2) is 5.90. The maximum atomic E-state index is 11.4. The molecule has 0 fully saturated rings. The zero-order valence-electron chi connectivity index (χ0n) is 5.08. The SMILES string of the molecule is FC(F)[Si]CC[Si]C(F)F. The molecular formula is C4H6F4Si2. The van der Waals surface area contributed by atoms with Gasteiger partial charge in [-0.25, -0.2) is 17.6 Å². The number of rotatable bonds is 5. The minimum Gasteiger partial charge on any atom is -0.216 e. The van der Waals surface area contributed by atoms with Crippen LogP contribution in [-0.2, 0) is 0 Å². The summed E-state index contributed by atoms with van der Waals surface area (Å²) in [5.74, 6) is 0. The van der Waals surface area contributed by atoms with Crippen molar-refractivity contribution in [1.29, 1.82) is 0 Å². The van der Waals surface area contributed by atoms with Crippen LogP contribution in [0, 0.1) is 0 Å². The average molecular weight is 186 g/mol. The van der Waals surface area contributed by atoms with Crippen molar-refractivity contribution in [3.05, 3.63) is 0 Å². The van der Waals surface area contributed by atoms with Gasteiger partial charge < -0.3 is 0 Å². The fourth-order valence-corrected chi connectivity index (χ4v) is 1.95. The van der Waals surface area contributed by atoms with E-state index in [0.29, 0.717) is 0 Å². The van der Waals surface area contributed by atoms with Gasteiger partial charge in [-0.1, -0.05) is 12.1 Å². The third-order valence-electron chi connectivity index (χ3n) is 0.722. The van der Waals surface area contributed by atoms with E-state index in [9.17, 15) is 17.6 Å². The molecule has 0 nitrogen and oxygen atoms in total. The van der Waals surface area contributed by atoms with E-state index in [1.165, 1.54) is 0 Å². The van der Waals surface area contributed by atoms with Crippen molar-refractivity contribution >= 4 is 19.0 Å². The summed E-state index contributed by atoms with van der Waals surface area (Å²) in [6, 6.07) is -4.16. The monoisotopic (exact) mass is 186 g/mol. The van der Waals surface area contributed by atoms with Gasteiger partial charge in [-0.2, -0.15) is 0 Å². The van der Waals surface area contributed by atoms with Crippen LogP contribution < -0.4 is 0 Å². The molecule has 0 spiro atoms. The molecule has 0 aromatic heterocycles. The average Bonchev–Trinajstić information content (AvgIpc) is 1.79. The molecular weight excluding hydrogens is 180 g/mol. The van der Waals surface area contributed by atoms with E-state index in [1.807, 2.05) is 0 Å². The minimum absolute atomic E-state index is 0.237. The molecule has 0 saturated heterocycles. The van der Waals surface area contributed by atoms with Crippen molar-refractivity contribution in [3.63, 3.8) is 0 Å². The van der Waals surface area contributed by atoms with Crippen molar-refractivity contribution in [3.8, 4) is 0 Å². The summed E-state index contributed by atoms with van der Waals surface area (Å²) in [5.41, 5.74) is 0. The molecule has 0 atom stereocenters. The van der Waals surface area contributed by atoms with E-state index in [0.717, 1.165) is 0 Å². The highest BCUT2D eigenvalue weighted by atomic mass is 28.2. The molecule has 0 bridgehead atoms. The van der Waals surface area contributed by atoms with Crippen LogP contribution >= 0.6 is 0 Å². The third kappa shape index (κ3) is 8.15. The Morgan fingerprint density at radius 3 is 1.30 bits per heavy atom. The molecule has 0 rings (SSSR count). The Hall–Kier alpha value is 0.154. The molecule has 0 aliphatic rings. The van der Waals surface area contributed by atoms with Crippen LogP contribution in [0.1, 0.15) is 0 Å². The van der Waals surface area contributed by atoms with Crippen LogP contribution in [0.3, 0.4) is 0 Å². The van der Waals surface area contributed by atoms with Crippen LogP contribution in [0.25, 0.3) is 0 Å². The molecule has 0 aromatic rings. The Bertz CT molecular complexity index is 67.7. The summed E-state index contributed by atoms with van der Waals surface area (Å²) in [5, 5.41) is 0. The van der Waals surface area contributed by atoms with E-state index >= 15 is 0 Å². The van der Waals surface area contributed by atoms with Gasteiger partial charge in [0.1, 0.15) is 19.0 Å². The maximum Gasteiger partial charge on any atom is 0.216 e. The van der Waals surface area contributed by atoms with Crippen molar-refractivity contribution in [2.45, 2.75) is 24.2 Å². The van der Waals surface area contributed by atoms with Crippen molar-refractivity contribution < 1.29 is 17.6 Å². The summed E-state index contributed by atoms with van der Waals surface area (Å²) >= 11 is 0. The van der Waals surface area contributed by atoms with Crippen LogP contribution in [0.2, 0.25) is 12.1 Å². The van der Waals surface area contributed by atoms with Crippen LogP contribution in [0.5, 0.6) is 0 Å². The van der Waals surface area contributed by atoms with Crippen LogP contribution in [0.4, 0.5) is 17.6 Å². The summed E-state index contributed by atoms with van der Waals surface area (Å²) in [6.45, 7) is 0. The predicted octanol–water partition coefficient (Wildman–Crippen LogP) is 1.68. The Kier molecular flexibility index (Phi) is 5.99. The van der Waals surface area contributed by atoms with E-state index in [2.05, 4.69) is 0 Å². The zero-order chi connectivity index (χ0) is 7.98. The lowest BCUT2D eigenvalue weighted by Gasteiger charge is -1.96. The van der Waals surface area contributed by atoms with E-state index < -0.39 is 31.1 Å². The molecule has 0 aromatic carbocycles. The highest BCUT2D eigenvalue weighted by Gasteiger charge is 2.07. The Labute approximate surface area is 61.6 Å². The Morgan fingerprint density at radius 1 is 0.800 bits per heavy atom. The molecule has 10 heavy (non-hydrogen) atoms. The molecule has 0 amide bonds. The van der Waals surface area contributed by atoms with E-state index in [4.69, 9.17) is 0 Å². The molecule has 58 valence electrons. The largest absolute Gasteiger partial charge is 0.216 e. The van der Waals surface area contributed by atoms with Crippen molar-refractivity contribution in [2.75, 3.05) is 0 Å². The molecule has 0 saturated carbocycles. The highest BCUT2D eigenvalue weighted by Crippen LogP contribution is 2.00. The molecule has 4 radical (unpaired) electrons. The molecule has 0 heterocycles. The first kappa shape index (κ1) is 10.2. The first-order valence-corrected chi connectivity index (χ1v) is 5.23. The van der Waals surface area contributed by atoms with Gasteiger partial charge >= 0.3 is 0 Å². The molecule has 0 aliphatic carbocycles. The quantitative estimate of drug-likeness (QED) is 0.348. The lowest BCUT2D eigenvalue weighted by molar-refractivity contribution is 0.235. The van der Waals surface area contributed by atoms with Gasteiger partial charge in [-0.3, -0.25) is 0 Å². The summed E-state index contributed by atoms with van der Waals surface area (Å²) in [6.07, 6.45) is 0. The van der Waals surface area contributed by atoms with Gasteiger partial charge in [0, 0.05) is 0 Å². The van der Waals surface area contributed by atoms with Gasteiger partial charge in [0.05, 0.1) is 0 Å². The normalized spacial score (nSPS) is 11.4. The first-order chi connectivity index (χ1) is 4.63. The summed E-state index contributed by atoms with van der Waals surface area (Å²) < 4.78 is 45.5. The van der Waals surface area contributed by atoms with E-state index in [-0.39, 0.29) is 12.1 Å². The first-order valence-electron chi connectivity index (χ1n) is 2.66. The Morgan fingerprint density at radius 2 is 1.10 bits per heavy atom. The molecule has 0 unspecified atom stereocenters. The standard InChI is InChI=1S/C4H6F4Si2/c5-3(6)9-1-2-10-4(7)8/h3-4H,1-2H2. The second-order valence-corrected chi connectivity index (χ2v) is 4.20. The summed E-state index contributed by atoms with van der Waals surface area (Å²) in [4.78, 5) is 0. The minimum atomic E-state index is -2.32. The third-order valence-corrected chi connectivity index (χ3v) is 2.92. The fraction of sp³-hybridized carbons (Fsp3) is 1.00. The van der Waals surface area contributed by atoms with Crippen molar-refractivity contribution in [1.82, 2.24) is 0 Å². The number of hydrogen-bond acceptors (Lipinski definition) is 0. The smallest absolute Gasteiger partial charge is 0.216 e.